The molecule has 0 spiro atoms. The number of halogens is 3. The minimum absolute atomic E-state index is 0.132. The van der Waals surface area contributed by atoms with Gasteiger partial charge in [-0.05, 0) is 12.1 Å². The summed E-state index contributed by atoms with van der Waals surface area (Å²) in [5.41, 5.74) is 0.486. The van der Waals surface area contributed by atoms with Crippen LogP contribution in [-0.2, 0) is 0 Å². The molecular formula is C11H12Cl3NO. The Morgan fingerprint density at radius 2 is 1.69 bits per heavy atom. The van der Waals surface area contributed by atoms with Gasteiger partial charge in [0.15, 0.2) is 0 Å². The van der Waals surface area contributed by atoms with E-state index in [-0.39, 0.29) is 5.91 Å². The topological polar surface area (TPSA) is 20.3 Å². The van der Waals surface area contributed by atoms with E-state index < -0.39 is 0 Å². The largest absolute Gasteiger partial charge is 0.336 e. The average molecular weight is 281 g/mol. The standard InChI is InChI=1S/C11H12Cl3NO/c12-5-7-15(8-6-13)11(16)9-3-1-2-4-10(9)14/h1-4H,5-8H2. The van der Waals surface area contributed by atoms with E-state index in [0.29, 0.717) is 35.4 Å². The summed E-state index contributed by atoms with van der Waals surface area (Å²) in [4.78, 5) is 13.7. The smallest absolute Gasteiger partial charge is 0.255 e. The van der Waals surface area contributed by atoms with Crippen LogP contribution in [0, 0.1) is 0 Å². The molecule has 1 rings (SSSR count). The second-order valence-corrected chi connectivity index (χ2v) is 4.31. The second-order valence-electron chi connectivity index (χ2n) is 3.15. The molecule has 16 heavy (non-hydrogen) atoms. The third kappa shape index (κ3) is 3.55. The molecule has 5 heteroatoms. The summed E-state index contributed by atoms with van der Waals surface area (Å²) in [7, 11) is 0. The van der Waals surface area contributed by atoms with E-state index in [4.69, 9.17) is 34.8 Å². The van der Waals surface area contributed by atoms with Crippen molar-refractivity contribution in [1.29, 1.82) is 0 Å². The number of carbonyl (C=O) groups excluding carboxylic acids is 1. The third-order valence-electron chi connectivity index (χ3n) is 2.10. The molecule has 0 heterocycles. The van der Waals surface area contributed by atoms with Crippen LogP contribution < -0.4 is 0 Å². The molecule has 0 aromatic heterocycles. The predicted molar refractivity (Wildman–Crippen MR) is 68.8 cm³/mol. The van der Waals surface area contributed by atoms with Gasteiger partial charge < -0.3 is 4.90 Å². The van der Waals surface area contributed by atoms with Gasteiger partial charge in [-0.15, -0.1) is 23.2 Å². The van der Waals surface area contributed by atoms with Crippen molar-refractivity contribution in [3.8, 4) is 0 Å². The summed E-state index contributed by atoms with van der Waals surface area (Å²) in [6.45, 7) is 0.941. The molecule has 0 saturated heterocycles. The molecule has 0 N–H and O–H groups in total. The van der Waals surface area contributed by atoms with Gasteiger partial charge in [0.05, 0.1) is 10.6 Å². The molecule has 0 fully saturated rings. The number of amides is 1. The monoisotopic (exact) mass is 279 g/mol. The first-order valence-corrected chi connectivity index (χ1v) is 6.31. The van der Waals surface area contributed by atoms with Gasteiger partial charge in [-0.25, -0.2) is 0 Å². The first kappa shape index (κ1) is 13.6. The normalized spacial score (nSPS) is 10.2. The van der Waals surface area contributed by atoms with Gasteiger partial charge in [0, 0.05) is 24.8 Å². The number of nitrogens with zero attached hydrogens (tertiary/aromatic N) is 1. The van der Waals surface area contributed by atoms with Gasteiger partial charge in [0.1, 0.15) is 0 Å². The highest BCUT2D eigenvalue weighted by molar-refractivity contribution is 6.33. The number of rotatable bonds is 5. The Bertz CT molecular complexity index is 351. The zero-order chi connectivity index (χ0) is 12.0. The van der Waals surface area contributed by atoms with E-state index in [1.807, 2.05) is 0 Å². The summed E-state index contributed by atoms with van der Waals surface area (Å²) in [6.07, 6.45) is 0. The Morgan fingerprint density at radius 1 is 1.12 bits per heavy atom. The van der Waals surface area contributed by atoms with Crippen LogP contribution in [0.25, 0.3) is 0 Å². The molecular weight excluding hydrogens is 268 g/mol. The van der Waals surface area contributed by atoms with Crippen LogP contribution in [0.5, 0.6) is 0 Å². The van der Waals surface area contributed by atoms with Gasteiger partial charge in [-0.1, -0.05) is 23.7 Å². The Balaban J connectivity index is 2.85. The lowest BCUT2D eigenvalue weighted by atomic mass is 10.2. The van der Waals surface area contributed by atoms with Crippen LogP contribution in [0.15, 0.2) is 24.3 Å². The fourth-order valence-electron chi connectivity index (χ4n) is 1.32. The first-order valence-electron chi connectivity index (χ1n) is 4.86. The van der Waals surface area contributed by atoms with Crippen LogP contribution in [0.4, 0.5) is 0 Å². The molecule has 0 aliphatic heterocycles. The molecule has 0 saturated carbocycles. The molecule has 2 nitrogen and oxygen atoms in total. The average Bonchev–Trinajstić information content (AvgIpc) is 2.28. The second kappa shape index (κ2) is 7.00. The Hall–Kier alpha value is -0.440. The van der Waals surface area contributed by atoms with Gasteiger partial charge in [-0.2, -0.15) is 0 Å². The molecule has 0 atom stereocenters. The quantitative estimate of drug-likeness (QED) is 0.758. The van der Waals surface area contributed by atoms with Crippen LogP contribution in [0.1, 0.15) is 10.4 Å². The highest BCUT2D eigenvalue weighted by atomic mass is 35.5. The Labute approximate surface area is 110 Å². The third-order valence-corrected chi connectivity index (χ3v) is 2.77. The highest BCUT2D eigenvalue weighted by Crippen LogP contribution is 2.17. The zero-order valence-electron chi connectivity index (χ0n) is 8.63. The van der Waals surface area contributed by atoms with Crippen molar-refractivity contribution in [2.75, 3.05) is 24.8 Å². The molecule has 1 amide bonds. The number of benzene rings is 1. The van der Waals surface area contributed by atoms with E-state index in [1.165, 1.54) is 0 Å². The fraction of sp³-hybridized carbons (Fsp3) is 0.364. The maximum absolute atomic E-state index is 12.1. The van der Waals surface area contributed by atoms with Crippen molar-refractivity contribution in [2.24, 2.45) is 0 Å². The predicted octanol–water partition coefficient (Wildman–Crippen LogP) is 3.26. The molecule has 0 aliphatic carbocycles. The summed E-state index contributed by atoms with van der Waals surface area (Å²) >= 11 is 17.2. The molecule has 0 unspecified atom stereocenters. The van der Waals surface area contributed by atoms with Gasteiger partial charge in [-0.3, -0.25) is 4.79 Å². The number of carbonyl (C=O) groups is 1. The van der Waals surface area contributed by atoms with Crippen molar-refractivity contribution in [1.82, 2.24) is 4.90 Å². The van der Waals surface area contributed by atoms with Crippen molar-refractivity contribution >= 4 is 40.7 Å². The zero-order valence-corrected chi connectivity index (χ0v) is 10.9. The van der Waals surface area contributed by atoms with Crippen molar-refractivity contribution in [2.45, 2.75) is 0 Å². The van der Waals surface area contributed by atoms with E-state index >= 15 is 0 Å². The van der Waals surface area contributed by atoms with E-state index in [1.54, 1.807) is 29.2 Å². The SMILES string of the molecule is O=C(c1ccccc1Cl)N(CCCl)CCCl. The molecule has 1 aromatic carbocycles. The van der Waals surface area contributed by atoms with E-state index in [9.17, 15) is 4.79 Å². The molecule has 0 radical (unpaired) electrons. The number of hydrogen-bond donors (Lipinski definition) is 0. The van der Waals surface area contributed by atoms with Crippen molar-refractivity contribution < 1.29 is 4.79 Å². The van der Waals surface area contributed by atoms with Crippen molar-refractivity contribution in [3.63, 3.8) is 0 Å². The lowest BCUT2D eigenvalue weighted by Crippen LogP contribution is -2.34. The van der Waals surface area contributed by atoms with Gasteiger partial charge in [0.2, 0.25) is 0 Å². The summed E-state index contributed by atoms with van der Waals surface area (Å²) in [5, 5.41) is 0.446. The Kier molecular flexibility index (Phi) is 5.96. The molecule has 1 aromatic rings. The van der Waals surface area contributed by atoms with Crippen LogP contribution in [-0.4, -0.2) is 35.7 Å². The molecule has 88 valence electrons. The minimum atomic E-state index is -0.132. The minimum Gasteiger partial charge on any atom is -0.336 e. The molecule has 0 bridgehead atoms. The number of hydrogen-bond acceptors (Lipinski definition) is 1. The summed E-state index contributed by atoms with van der Waals surface area (Å²) in [5.74, 6) is 0.632. The summed E-state index contributed by atoms with van der Waals surface area (Å²) < 4.78 is 0. The number of alkyl halides is 2. The maximum atomic E-state index is 12.1. The van der Waals surface area contributed by atoms with Crippen LogP contribution >= 0.6 is 34.8 Å². The highest BCUT2D eigenvalue weighted by Gasteiger charge is 2.16. The van der Waals surface area contributed by atoms with E-state index in [0.717, 1.165) is 0 Å². The summed E-state index contributed by atoms with van der Waals surface area (Å²) in [6, 6.07) is 6.94. The lowest BCUT2D eigenvalue weighted by Gasteiger charge is -2.20. The maximum Gasteiger partial charge on any atom is 0.255 e. The van der Waals surface area contributed by atoms with Gasteiger partial charge >= 0.3 is 0 Å². The van der Waals surface area contributed by atoms with Gasteiger partial charge in [0.25, 0.3) is 5.91 Å². The fourth-order valence-corrected chi connectivity index (χ4v) is 1.95. The molecule has 0 aliphatic rings. The Morgan fingerprint density at radius 3 is 2.19 bits per heavy atom. The first-order chi connectivity index (χ1) is 7.70. The van der Waals surface area contributed by atoms with Crippen LogP contribution in [0.3, 0.4) is 0 Å². The lowest BCUT2D eigenvalue weighted by molar-refractivity contribution is 0.0775. The van der Waals surface area contributed by atoms with Crippen LogP contribution in [0.2, 0.25) is 5.02 Å². The van der Waals surface area contributed by atoms with E-state index in [2.05, 4.69) is 0 Å². The van der Waals surface area contributed by atoms with Crippen molar-refractivity contribution in [3.05, 3.63) is 34.9 Å².